The van der Waals surface area contributed by atoms with E-state index in [0.717, 1.165) is 31.9 Å². The van der Waals surface area contributed by atoms with Crippen molar-refractivity contribution in [2.75, 3.05) is 11.9 Å². The first kappa shape index (κ1) is 20.8. The van der Waals surface area contributed by atoms with Crippen molar-refractivity contribution in [1.82, 2.24) is 9.13 Å². The summed E-state index contributed by atoms with van der Waals surface area (Å²) in [5, 5.41) is 2.39. The maximum Gasteiger partial charge on any atom is 0.338 e. The van der Waals surface area contributed by atoms with Gasteiger partial charge >= 0.3 is 11.7 Å². The van der Waals surface area contributed by atoms with Crippen molar-refractivity contribution in [2.24, 2.45) is 14.1 Å². The first-order chi connectivity index (χ1) is 14.3. The molecular weight excluding hydrogens is 386 g/mol. The molecule has 8 heteroatoms. The van der Waals surface area contributed by atoms with E-state index in [0.29, 0.717) is 5.56 Å². The first-order valence-electron chi connectivity index (χ1n) is 9.17. The first-order valence-corrected chi connectivity index (χ1v) is 9.17. The summed E-state index contributed by atoms with van der Waals surface area (Å²) in [7, 11) is 2.75. The predicted molar refractivity (Wildman–Crippen MR) is 112 cm³/mol. The molecule has 2 aromatic carbocycles. The number of hydrogen-bond acceptors (Lipinski definition) is 5. The summed E-state index contributed by atoms with van der Waals surface area (Å²) in [4.78, 5) is 47.8. The Balaban J connectivity index is 1.61. The molecule has 154 valence electrons. The molecule has 8 nitrogen and oxygen atoms in total. The van der Waals surface area contributed by atoms with Gasteiger partial charge in [0.1, 0.15) is 5.82 Å². The number of nitrogens with one attached hydrogen (secondary N) is 1. The topological polar surface area (TPSA) is 99.4 Å². The highest BCUT2D eigenvalue weighted by atomic mass is 16.5. The number of rotatable bonds is 5. The number of aromatic nitrogens is 2. The van der Waals surface area contributed by atoms with E-state index in [1.165, 1.54) is 14.1 Å². The van der Waals surface area contributed by atoms with Crippen LogP contribution in [0.3, 0.4) is 0 Å². The highest BCUT2D eigenvalue weighted by Crippen LogP contribution is 2.20. The molecule has 0 saturated carbocycles. The fourth-order valence-electron chi connectivity index (χ4n) is 2.79. The lowest BCUT2D eigenvalue weighted by molar-refractivity contribution is -0.119. The van der Waals surface area contributed by atoms with Crippen molar-refractivity contribution < 1.29 is 14.3 Å². The molecule has 0 unspecified atom stereocenters. The monoisotopic (exact) mass is 407 g/mol. The van der Waals surface area contributed by atoms with E-state index in [1.807, 2.05) is 31.2 Å². The second kappa shape index (κ2) is 8.60. The van der Waals surface area contributed by atoms with Gasteiger partial charge in [-0.3, -0.25) is 18.7 Å². The maximum absolute atomic E-state index is 12.2. The van der Waals surface area contributed by atoms with Crippen LogP contribution in [-0.4, -0.2) is 27.6 Å². The number of benzene rings is 2. The number of aryl methyl sites for hydroxylation is 1. The minimum atomic E-state index is -0.664. The second-order valence-electron chi connectivity index (χ2n) is 6.84. The van der Waals surface area contributed by atoms with Crippen molar-refractivity contribution in [3.63, 3.8) is 0 Å². The van der Waals surface area contributed by atoms with Gasteiger partial charge in [0.05, 0.1) is 5.56 Å². The molecule has 0 atom stereocenters. The Labute approximate surface area is 172 Å². The molecule has 1 aromatic heterocycles. The van der Waals surface area contributed by atoms with Crippen LogP contribution in [0, 0.1) is 6.92 Å². The van der Waals surface area contributed by atoms with Crippen LogP contribution in [0.5, 0.6) is 0 Å². The molecule has 0 aliphatic rings. The van der Waals surface area contributed by atoms with Crippen LogP contribution in [0.25, 0.3) is 11.1 Å². The molecule has 0 spiro atoms. The van der Waals surface area contributed by atoms with E-state index in [9.17, 15) is 19.2 Å². The number of ether oxygens (including phenoxy) is 1. The normalized spacial score (nSPS) is 10.5. The summed E-state index contributed by atoms with van der Waals surface area (Å²) in [6.45, 7) is 1.46. The number of carbonyl (C=O) groups excluding carboxylic acids is 2. The third-order valence-corrected chi connectivity index (χ3v) is 4.63. The van der Waals surface area contributed by atoms with Gasteiger partial charge in [-0.1, -0.05) is 42.0 Å². The Bertz CT molecular complexity index is 1210. The van der Waals surface area contributed by atoms with E-state index in [2.05, 4.69) is 5.32 Å². The molecule has 0 bridgehead atoms. The summed E-state index contributed by atoms with van der Waals surface area (Å²) in [6, 6.07) is 16.0. The summed E-state index contributed by atoms with van der Waals surface area (Å²) >= 11 is 0. The number of anilines is 1. The molecule has 0 aliphatic carbocycles. The van der Waals surface area contributed by atoms with Gasteiger partial charge < -0.3 is 10.1 Å². The fraction of sp³-hybridized carbons (Fsp3) is 0.182. The van der Waals surface area contributed by atoms with Crippen molar-refractivity contribution in [3.8, 4) is 11.1 Å². The third-order valence-electron chi connectivity index (χ3n) is 4.63. The Morgan fingerprint density at radius 2 is 1.47 bits per heavy atom. The van der Waals surface area contributed by atoms with Gasteiger partial charge in [0.25, 0.3) is 11.5 Å². The molecule has 3 rings (SSSR count). The maximum atomic E-state index is 12.2. The van der Waals surface area contributed by atoms with E-state index in [4.69, 9.17) is 4.74 Å². The van der Waals surface area contributed by atoms with Crippen LogP contribution in [0.4, 0.5) is 5.82 Å². The molecule has 1 N–H and O–H groups in total. The minimum Gasteiger partial charge on any atom is -0.452 e. The lowest BCUT2D eigenvalue weighted by atomic mass is 10.0. The molecule has 0 radical (unpaired) electrons. The molecule has 0 fully saturated rings. The zero-order chi connectivity index (χ0) is 21.8. The van der Waals surface area contributed by atoms with Gasteiger partial charge in [-0.15, -0.1) is 0 Å². The van der Waals surface area contributed by atoms with Crippen LogP contribution in [0.2, 0.25) is 0 Å². The zero-order valence-electron chi connectivity index (χ0n) is 16.8. The van der Waals surface area contributed by atoms with Crippen LogP contribution in [0.1, 0.15) is 15.9 Å². The Kier molecular flexibility index (Phi) is 5.96. The summed E-state index contributed by atoms with van der Waals surface area (Å²) in [5.74, 6) is -1.30. The molecule has 3 aromatic rings. The number of esters is 1. The predicted octanol–water partition coefficient (Wildman–Crippen LogP) is 1.85. The van der Waals surface area contributed by atoms with Gasteiger partial charge in [-0.2, -0.15) is 0 Å². The average molecular weight is 407 g/mol. The third kappa shape index (κ3) is 4.54. The number of hydrogen-bond donors (Lipinski definition) is 1. The van der Waals surface area contributed by atoms with E-state index in [1.54, 1.807) is 24.3 Å². The molecular formula is C22H21N3O5. The Morgan fingerprint density at radius 3 is 2.07 bits per heavy atom. The van der Waals surface area contributed by atoms with Crippen LogP contribution in [0.15, 0.2) is 64.2 Å². The lowest BCUT2D eigenvalue weighted by Gasteiger charge is -2.11. The van der Waals surface area contributed by atoms with Gasteiger partial charge in [-0.05, 0) is 30.2 Å². The largest absolute Gasteiger partial charge is 0.452 e. The molecule has 1 amide bonds. The van der Waals surface area contributed by atoms with E-state index < -0.39 is 29.7 Å². The molecule has 0 aliphatic heterocycles. The van der Waals surface area contributed by atoms with Gasteiger partial charge in [0.15, 0.2) is 6.61 Å². The average Bonchev–Trinajstić information content (AvgIpc) is 2.75. The standard InChI is InChI=1S/C22H21N3O5/c1-14-4-6-15(7-5-14)16-8-10-17(11-9-16)21(28)30-13-19(26)23-18-12-20(27)25(3)22(29)24(18)2/h4-12H,13H2,1-3H3,(H,23,26). The van der Waals surface area contributed by atoms with Crippen LogP contribution in [-0.2, 0) is 23.6 Å². The quantitative estimate of drug-likeness (QED) is 0.651. The summed E-state index contributed by atoms with van der Waals surface area (Å²) in [6.07, 6.45) is 0. The summed E-state index contributed by atoms with van der Waals surface area (Å²) in [5.41, 5.74) is 2.31. The van der Waals surface area contributed by atoms with Crippen molar-refractivity contribution in [2.45, 2.75) is 6.92 Å². The van der Waals surface area contributed by atoms with Crippen LogP contribution < -0.4 is 16.6 Å². The number of amides is 1. The van der Waals surface area contributed by atoms with Gasteiger partial charge in [-0.25, -0.2) is 9.59 Å². The SMILES string of the molecule is Cc1ccc(-c2ccc(C(=O)OCC(=O)Nc3cc(=O)n(C)c(=O)n3C)cc2)cc1. The smallest absolute Gasteiger partial charge is 0.338 e. The zero-order valence-corrected chi connectivity index (χ0v) is 16.8. The second-order valence-corrected chi connectivity index (χ2v) is 6.84. The molecule has 1 heterocycles. The Morgan fingerprint density at radius 1 is 0.900 bits per heavy atom. The molecule has 30 heavy (non-hydrogen) atoms. The summed E-state index contributed by atoms with van der Waals surface area (Å²) < 4.78 is 7.05. The van der Waals surface area contributed by atoms with Crippen molar-refractivity contribution in [1.29, 1.82) is 0 Å². The highest BCUT2D eigenvalue weighted by Gasteiger charge is 2.13. The highest BCUT2D eigenvalue weighted by molar-refractivity contribution is 5.95. The Hall–Kier alpha value is -3.94. The van der Waals surface area contributed by atoms with Crippen LogP contribution >= 0.6 is 0 Å². The van der Waals surface area contributed by atoms with E-state index >= 15 is 0 Å². The van der Waals surface area contributed by atoms with E-state index in [-0.39, 0.29) is 5.82 Å². The van der Waals surface area contributed by atoms with Gasteiger partial charge in [0.2, 0.25) is 0 Å². The van der Waals surface area contributed by atoms with Crippen molar-refractivity contribution >= 4 is 17.7 Å². The minimum absolute atomic E-state index is 0.0200. The number of carbonyl (C=O) groups is 2. The van der Waals surface area contributed by atoms with Gasteiger partial charge in [0, 0.05) is 20.2 Å². The number of nitrogens with zero attached hydrogens (tertiary/aromatic N) is 2. The molecule has 0 saturated heterocycles. The van der Waals surface area contributed by atoms with Crippen molar-refractivity contribution in [3.05, 3.63) is 86.6 Å². The lowest BCUT2D eigenvalue weighted by Crippen LogP contribution is -2.38. The fourth-order valence-corrected chi connectivity index (χ4v) is 2.79.